The third-order valence-electron chi connectivity index (χ3n) is 3.63. The van der Waals surface area contributed by atoms with Gasteiger partial charge in [0.2, 0.25) is 0 Å². The van der Waals surface area contributed by atoms with E-state index >= 15 is 0 Å². The van der Waals surface area contributed by atoms with Gasteiger partial charge in [0.1, 0.15) is 5.82 Å². The van der Waals surface area contributed by atoms with Gasteiger partial charge in [-0.1, -0.05) is 0 Å². The number of carbonyl (C=O) groups excluding carboxylic acids is 1. The SMILES string of the molecule is Cc1ccc(C(N)=O)c(N2Cc3cnn(CCO)c3C2)n1. The van der Waals surface area contributed by atoms with E-state index in [-0.39, 0.29) is 6.61 Å². The quantitative estimate of drug-likeness (QED) is 0.837. The Morgan fingerprint density at radius 1 is 1.43 bits per heavy atom. The first-order valence-electron chi connectivity index (χ1n) is 6.77. The number of nitrogens with two attached hydrogens (primary N) is 1. The van der Waals surface area contributed by atoms with Crippen LogP contribution >= 0.6 is 0 Å². The molecule has 0 unspecified atom stereocenters. The highest BCUT2D eigenvalue weighted by Gasteiger charge is 2.27. The van der Waals surface area contributed by atoms with Gasteiger partial charge in [-0.2, -0.15) is 5.10 Å². The number of aromatic nitrogens is 3. The van der Waals surface area contributed by atoms with Gasteiger partial charge in [0, 0.05) is 17.8 Å². The van der Waals surface area contributed by atoms with Crippen LogP contribution in [0.1, 0.15) is 27.3 Å². The van der Waals surface area contributed by atoms with Crippen LogP contribution in [-0.4, -0.2) is 32.4 Å². The van der Waals surface area contributed by atoms with Gasteiger partial charge in [-0.3, -0.25) is 9.48 Å². The molecule has 0 spiro atoms. The number of amides is 1. The second-order valence-corrected chi connectivity index (χ2v) is 5.11. The van der Waals surface area contributed by atoms with Crippen molar-refractivity contribution in [2.45, 2.75) is 26.6 Å². The molecule has 7 heteroatoms. The van der Waals surface area contributed by atoms with Crippen LogP contribution in [0.3, 0.4) is 0 Å². The molecule has 1 aliphatic heterocycles. The first-order chi connectivity index (χ1) is 10.1. The summed E-state index contributed by atoms with van der Waals surface area (Å²) in [5.74, 6) is 0.125. The Balaban J connectivity index is 1.94. The molecule has 1 amide bonds. The number of anilines is 1. The van der Waals surface area contributed by atoms with Crippen molar-refractivity contribution in [3.63, 3.8) is 0 Å². The molecule has 1 aliphatic rings. The third-order valence-corrected chi connectivity index (χ3v) is 3.63. The van der Waals surface area contributed by atoms with E-state index in [2.05, 4.69) is 10.1 Å². The first kappa shape index (κ1) is 13.6. The normalized spacial score (nSPS) is 13.5. The number of carbonyl (C=O) groups is 1. The number of primary amides is 1. The second kappa shape index (κ2) is 5.17. The fraction of sp³-hybridized carbons (Fsp3) is 0.357. The molecule has 0 saturated heterocycles. The Morgan fingerprint density at radius 2 is 2.24 bits per heavy atom. The highest BCUT2D eigenvalue weighted by atomic mass is 16.3. The lowest BCUT2D eigenvalue weighted by atomic mass is 10.2. The maximum Gasteiger partial charge on any atom is 0.252 e. The van der Waals surface area contributed by atoms with Crippen LogP contribution in [0.25, 0.3) is 0 Å². The molecule has 21 heavy (non-hydrogen) atoms. The van der Waals surface area contributed by atoms with E-state index in [4.69, 9.17) is 10.8 Å². The van der Waals surface area contributed by atoms with Crippen molar-refractivity contribution >= 4 is 11.7 Å². The molecule has 2 aromatic heterocycles. The summed E-state index contributed by atoms with van der Waals surface area (Å²) in [7, 11) is 0. The second-order valence-electron chi connectivity index (χ2n) is 5.11. The smallest absolute Gasteiger partial charge is 0.252 e. The zero-order valence-corrected chi connectivity index (χ0v) is 11.8. The van der Waals surface area contributed by atoms with Crippen LogP contribution in [0.4, 0.5) is 5.82 Å². The van der Waals surface area contributed by atoms with Crippen LogP contribution in [-0.2, 0) is 19.6 Å². The molecular formula is C14H17N5O2. The molecule has 0 bridgehead atoms. The summed E-state index contributed by atoms with van der Waals surface area (Å²) in [6.07, 6.45) is 1.80. The Kier molecular flexibility index (Phi) is 3.34. The largest absolute Gasteiger partial charge is 0.394 e. The molecule has 7 nitrogen and oxygen atoms in total. The molecule has 2 aromatic rings. The Bertz CT molecular complexity index is 695. The van der Waals surface area contributed by atoms with Gasteiger partial charge in [0.05, 0.1) is 37.2 Å². The van der Waals surface area contributed by atoms with Crippen LogP contribution < -0.4 is 10.6 Å². The summed E-state index contributed by atoms with van der Waals surface area (Å²) in [4.78, 5) is 18.0. The summed E-state index contributed by atoms with van der Waals surface area (Å²) in [6, 6.07) is 3.49. The predicted octanol–water partition coefficient (Wildman–Crippen LogP) is 0.198. The van der Waals surface area contributed by atoms with Crippen LogP contribution in [0.15, 0.2) is 18.3 Å². The summed E-state index contributed by atoms with van der Waals surface area (Å²) in [5, 5.41) is 13.3. The zero-order valence-electron chi connectivity index (χ0n) is 11.8. The lowest BCUT2D eigenvalue weighted by Gasteiger charge is -2.20. The number of hydrogen-bond donors (Lipinski definition) is 2. The van der Waals surface area contributed by atoms with Gasteiger partial charge in [-0.05, 0) is 19.1 Å². The van der Waals surface area contributed by atoms with Crippen LogP contribution in [0.5, 0.6) is 0 Å². The fourth-order valence-corrected chi connectivity index (χ4v) is 2.62. The molecule has 0 atom stereocenters. The Labute approximate surface area is 122 Å². The van der Waals surface area contributed by atoms with Crippen molar-refractivity contribution in [1.82, 2.24) is 14.8 Å². The highest BCUT2D eigenvalue weighted by molar-refractivity contribution is 5.97. The predicted molar refractivity (Wildman–Crippen MR) is 76.7 cm³/mol. The third kappa shape index (κ3) is 2.36. The highest BCUT2D eigenvalue weighted by Crippen LogP contribution is 2.29. The number of pyridine rings is 1. The van der Waals surface area contributed by atoms with Crippen LogP contribution in [0, 0.1) is 6.92 Å². The fourth-order valence-electron chi connectivity index (χ4n) is 2.62. The van der Waals surface area contributed by atoms with Gasteiger partial charge in [-0.15, -0.1) is 0 Å². The van der Waals surface area contributed by atoms with Crippen LogP contribution in [0.2, 0.25) is 0 Å². The number of aliphatic hydroxyl groups is 1. The number of nitrogens with zero attached hydrogens (tertiary/aromatic N) is 4. The number of fused-ring (bicyclic) bond motifs is 1. The topological polar surface area (TPSA) is 97.3 Å². The molecular weight excluding hydrogens is 270 g/mol. The van der Waals surface area contributed by atoms with Gasteiger partial charge in [0.15, 0.2) is 0 Å². The summed E-state index contributed by atoms with van der Waals surface area (Å²) < 4.78 is 1.79. The first-order valence-corrected chi connectivity index (χ1v) is 6.77. The minimum Gasteiger partial charge on any atom is -0.394 e. The molecule has 3 heterocycles. The molecule has 0 radical (unpaired) electrons. The van der Waals surface area contributed by atoms with E-state index in [1.807, 2.05) is 11.8 Å². The van der Waals surface area contributed by atoms with E-state index in [0.29, 0.717) is 31.0 Å². The molecule has 0 fully saturated rings. The minimum atomic E-state index is -0.481. The summed E-state index contributed by atoms with van der Waals surface area (Å²) >= 11 is 0. The van der Waals surface area contributed by atoms with E-state index in [1.54, 1.807) is 23.0 Å². The van der Waals surface area contributed by atoms with Crippen molar-refractivity contribution in [3.05, 3.63) is 40.8 Å². The van der Waals surface area contributed by atoms with E-state index < -0.39 is 5.91 Å². The minimum absolute atomic E-state index is 0.0450. The molecule has 3 N–H and O–H groups in total. The maximum absolute atomic E-state index is 11.6. The average molecular weight is 287 g/mol. The summed E-state index contributed by atoms with van der Waals surface area (Å²) in [5.41, 5.74) is 8.82. The summed E-state index contributed by atoms with van der Waals surface area (Å²) in [6.45, 7) is 3.63. The van der Waals surface area contributed by atoms with Gasteiger partial charge >= 0.3 is 0 Å². The molecule has 0 aliphatic carbocycles. The number of hydrogen-bond acceptors (Lipinski definition) is 5. The molecule has 0 aromatic carbocycles. The molecule has 0 saturated carbocycles. The van der Waals surface area contributed by atoms with Gasteiger partial charge in [0.25, 0.3) is 5.91 Å². The lowest BCUT2D eigenvalue weighted by Crippen LogP contribution is -2.23. The lowest BCUT2D eigenvalue weighted by molar-refractivity contribution is 0.100. The van der Waals surface area contributed by atoms with Gasteiger partial charge < -0.3 is 15.7 Å². The number of rotatable bonds is 4. The standard InChI is InChI=1S/C14H17N5O2/c1-9-2-3-11(13(15)21)14(17-9)18-7-10-6-16-19(4-5-20)12(10)8-18/h2-3,6,20H,4-5,7-8H2,1H3,(H2,15,21). The van der Waals surface area contributed by atoms with E-state index in [0.717, 1.165) is 17.0 Å². The monoisotopic (exact) mass is 287 g/mol. The Hall–Kier alpha value is -2.41. The maximum atomic E-state index is 11.6. The van der Waals surface area contributed by atoms with Gasteiger partial charge in [-0.25, -0.2) is 4.98 Å². The van der Waals surface area contributed by atoms with Crippen molar-refractivity contribution in [1.29, 1.82) is 0 Å². The van der Waals surface area contributed by atoms with Crippen molar-refractivity contribution in [2.75, 3.05) is 11.5 Å². The number of aliphatic hydroxyl groups excluding tert-OH is 1. The van der Waals surface area contributed by atoms with Crippen molar-refractivity contribution < 1.29 is 9.90 Å². The van der Waals surface area contributed by atoms with Crippen molar-refractivity contribution in [3.8, 4) is 0 Å². The number of aryl methyl sites for hydroxylation is 1. The Morgan fingerprint density at radius 3 is 2.95 bits per heavy atom. The van der Waals surface area contributed by atoms with E-state index in [9.17, 15) is 4.79 Å². The average Bonchev–Trinajstić information content (AvgIpc) is 3.00. The molecule has 3 rings (SSSR count). The zero-order chi connectivity index (χ0) is 15.0. The molecule has 110 valence electrons. The van der Waals surface area contributed by atoms with Crippen molar-refractivity contribution in [2.24, 2.45) is 5.73 Å². The van der Waals surface area contributed by atoms with E-state index in [1.165, 1.54) is 0 Å².